The van der Waals surface area contributed by atoms with Gasteiger partial charge in [0.15, 0.2) is 11.2 Å². The maximum absolute atomic E-state index is 13.2. The van der Waals surface area contributed by atoms with Gasteiger partial charge in [-0.2, -0.15) is 4.40 Å². The smallest absolute Gasteiger partial charge is 0.345 e. The number of halogens is 1. The molecule has 134 valence electrons. The Bertz CT molecular complexity index is 1070. The fourth-order valence-corrected chi connectivity index (χ4v) is 3.02. The van der Waals surface area contributed by atoms with E-state index >= 15 is 0 Å². The number of carbonyl (C=O) groups excluding carboxylic acids is 1. The normalized spacial score (nSPS) is 10.9. The molecule has 2 N–H and O–H groups in total. The molecule has 0 aliphatic carbocycles. The maximum Gasteiger partial charge on any atom is 0.351 e. The Morgan fingerprint density at radius 2 is 1.89 bits per heavy atom. The fourth-order valence-electron chi connectivity index (χ4n) is 3.02. The zero-order chi connectivity index (χ0) is 18.6. The highest BCUT2D eigenvalue weighted by Gasteiger charge is 2.25. The number of aromatic amines is 1. The molecule has 0 atom stereocenters. The molecule has 0 bridgehead atoms. The van der Waals surface area contributed by atoms with Crippen LogP contribution >= 0.6 is 0 Å². The molecule has 1 amide bonds. The van der Waals surface area contributed by atoms with Crippen LogP contribution in [0.4, 0.5) is 4.39 Å². The predicted octanol–water partition coefficient (Wildman–Crippen LogP) is 2.93. The lowest BCUT2D eigenvalue weighted by Gasteiger charge is -2.01. The van der Waals surface area contributed by atoms with E-state index in [9.17, 15) is 9.18 Å². The maximum atomic E-state index is 13.2. The van der Waals surface area contributed by atoms with Gasteiger partial charge in [-0.25, -0.2) is 9.37 Å². The summed E-state index contributed by atoms with van der Waals surface area (Å²) in [4.78, 5) is 20.1. The van der Waals surface area contributed by atoms with Gasteiger partial charge in [0.05, 0.1) is 6.20 Å². The lowest BCUT2D eigenvalue weighted by atomic mass is 10.1. The molecular formula is C21H18FN4O+. The lowest BCUT2D eigenvalue weighted by molar-refractivity contribution is -0.513. The van der Waals surface area contributed by atoms with Crippen molar-refractivity contribution in [2.45, 2.75) is 6.42 Å². The van der Waals surface area contributed by atoms with Crippen LogP contribution in [-0.4, -0.2) is 22.4 Å². The molecule has 0 fully saturated rings. The van der Waals surface area contributed by atoms with Crippen LogP contribution in [-0.2, 0) is 6.42 Å². The molecule has 0 saturated heterocycles. The molecule has 1 aromatic carbocycles. The van der Waals surface area contributed by atoms with Crippen molar-refractivity contribution in [1.29, 1.82) is 0 Å². The van der Waals surface area contributed by atoms with Gasteiger partial charge in [-0.3, -0.25) is 9.78 Å². The molecule has 0 saturated carbocycles. The summed E-state index contributed by atoms with van der Waals surface area (Å²) in [6.07, 6.45) is 4.22. The van der Waals surface area contributed by atoms with Gasteiger partial charge in [-0.05, 0) is 48.5 Å². The zero-order valence-corrected chi connectivity index (χ0v) is 14.5. The van der Waals surface area contributed by atoms with Crippen LogP contribution in [0.1, 0.15) is 16.3 Å². The lowest BCUT2D eigenvalue weighted by Crippen LogP contribution is -2.35. The second-order valence-electron chi connectivity index (χ2n) is 6.14. The van der Waals surface area contributed by atoms with Crippen molar-refractivity contribution in [3.63, 3.8) is 0 Å². The Labute approximate surface area is 155 Å². The Hall–Kier alpha value is -3.54. The summed E-state index contributed by atoms with van der Waals surface area (Å²) in [6, 6.07) is 17.6. The van der Waals surface area contributed by atoms with Crippen LogP contribution in [0.15, 0.2) is 73.1 Å². The summed E-state index contributed by atoms with van der Waals surface area (Å²) < 4.78 is 15.0. The Balaban J connectivity index is 1.59. The summed E-state index contributed by atoms with van der Waals surface area (Å²) in [6.45, 7) is 0.482. The SMILES string of the molecule is O=C(NCCc1ccccn1)c1[nH]c(-c2ccc(F)cc2)c2cccc[n+]12. The van der Waals surface area contributed by atoms with E-state index in [1.54, 1.807) is 22.7 Å². The number of imidazole rings is 1. The Morgan fingerprint density at radius 1 is 1.07 bits per heavy atom. The van der Waals surface area contributed by atoms with E-state index in [0.717, 1.165) is 22.5 Å². The summed E-state index contributed by atoms with van der Waals surface area (Å²) in [5.74, 6) is -0.0822. The fraction of sp³-hybridized carbons (Fsp3) is 0.0952. The van der Waals surface area contributed by atoms with E-state index < -0.39 is 0 Å². The topological polar surface area (TPSA) is 61.9 Å². The minimum Gasteiger partial charge on any atom is -0.345 e. The molecule has 6 heteroatoms. The van der Waals surface area contributed by atoms with Crippen LogP contribution in [0, 0.1) is 5.82 Å². The Morgan fingerprint density at radius 3 is 2.67 bits per heavy atom. The third-order valence-electron chi connectivity index (χ3n) is 4.34. The average Bonchev–Trinajstić information content (AvgIpc) is 3.09. The van der Waals surface area contributed by atoms with Gasteiger partial charge >= 0.3 is 11.7 Å². The molecule has 0 radical (unpaired) electrons. The first-order valence-electron chi connectivity index (χ1n) is 8.69. The van der Waals surface area contributed by atoms with Gasteiger partial charge in [0.25, 0.3) is 0 Å². The molecule has 4 rings (SSSR count). The first-order chi connectivity index (χ1) is 13.2. The second kappa shape index (κ2) is 7.37. The molecule has 0 aliphatic rings. The van der Waals surface area contributed by atoms with Crippen molar-refractivity contribution in [3.8, 4) is 11.3 Å². The van der Waals surface area contributed by atoms with Crippen LogP contribution in [0.2, 0.25) is 0 Å². The number of nitrogens with zero attached hydrogens (tertiary/aromatic N) is 2. The number of pyridine rings is 2. The van der Waals surface area contributed by atoms with Gasteiger partial charge in [0, 0.05) is 30.4 Å². The standard InChI is InChI=1S/C21H17FN4O/c22-16-9-7-15(8-10-16)19-18-6-2-4-14-26(18)20(25-19)21(27)24-13-11-17-5-1-3-12-23-17/h1-10,12,14H,11,13H2,(H,24,27)/p+1. The molecule has 3 heterocycles. The quantitative estimate of drug-likeness (QED) is 0.537. The van der Waals surface area contributed by atoms with E-state index in [2.05, 4.69) is 15.3 Å². The molecular weight excluding hydrogens is 343 g/mol. The second-order valence-corrected chi connectivity index (χ2v) is 6.14. The van der Waals surface area contributed by atoms with E-state index in [-0.39, 0.29) is 11.7 Å². The van der Waals surface area contributed by atoms with E-state index in [4.69, 9.17) is 0 Å². The van der Waals surface area contributed by atoms with Gasteiger partial charge in [-0.15, -0.1) is 0 Å². The molecule has 27 heavy (non-hydrogen) atoms. The van der Waals surface area contributed by atoms with E-state index in [1.165, 1.54) is 12.1 Å². The highest BCUT2D eigenvalue weighted by molar-refractivity contribution is 5.91. The molecule has 4 aromatic rings. The third kappa shape index (κ3) is 3.55. The highest BCUT2D eigenvalue weighted by atomic mass is 19.1. The number of H-pyrrole nitrogens is 1. The largest absolute Gasteiger partial charge is 0.351 e. The van der Waals surface area contributed by atoms with Crippen molar-refractivity contribution in [2.75, 3.05) is 6.54 Å². The predicted molar refractivity (Wildman–Crippen MR) is 99.6 cm³/mol. The zero-order valence-electron chi connectivity index (χ0n) is 14.5. The molecule has 0 unspecified atom stereocenters. The van der Waals surface area contributed by atoms with Crippen LogP contribution in [0.25, 0.3) is 16.8 Å². The van der Waals surface area contributed by atoms with Gasteiger partial charge in [0.2, 0.25) is 0 Å². The van der Waals surface area contributed by atoms with Crippen LogP contribution in [0.5, 0.6) is 0 Å². The summed E-state index contributed by atoms with van der Waals surface area (Å²) in [5, 5.41) is 2.92. The van der Waals surface area contributed by atoms with Crippen molar-refractivity contribution < 1.29 is 13.6 Å². The number of hydrogen-bond acceptors (Lipinski definition) is 2. The summed E-state index contributed by atoms with van der Waals surface area (Å²) in [7, 11) is 0. The summed E-state index contributed by atoms with van der Waals surface area (Å²) >= 11 is 0. The summed E-state index contributed by atoms with van der Waals surface area (Å²) in [5.41, 5.74) is 3.35. The molecule has 0 aliphatic heterocycles. The van der Waals surface area contributed by atoms with Crippen molar-refractivity contribution >= 4 is 11.4 Å². The van der Waals surface area contributed by atoms with E-state index in [1.807, 2.05) is 42.6 Å². The molecule has 0 spiro atoms. The number of fused-ring (bicyclic) bond motifs is 1. The number of nitrogens with one attached hydrogen (secondary N) is 2. The number of benzene rings is 1. The monoisotopic (exact) mass is 361 g/mol. The third-order valence-corrected chi connectivity index (χ3v) is 4.34. The molecule has 3 aromatic heterocycles. The highest BCUT2D eigenvalue weighted by Crippen LogP contribution is 2.21. The first-order valence-corrected chi connectivity index (χ1v) is 8.69. The minimum absolute atomic E-state index is 0.208. The molecule has 5 nitrogen and oxygen atoms in total. The van der Waals surface area contributed by atoms with Gasteiger partial charge in [-0.1, -0.05) is 12.1 Å². The van der Waals surface area contributed by atoms with Crippen molar-refractivity contribution in [1.82, 2.24) is 15.3 Å². The van der Waals surface area contributed by atoms with Crippen molar-refractivity contribution in [3.05, 3.63) is 90.4 Å². The number of aromatic nitrogens is 3. The average molecular weight is 361 g/mol. The van der Waals surface area contributed by atoms with Gasteiger partial charge < -0.3 is 5.32 Å². The minimum atomic E-state index is -0.297. The number of hydrogen-bond donors (Lipinski definition) is 2. The van der Waals surface area contributed by atoms with E-state index in [0.29, 0.717) is 18.8 Å². The number of amides is 1. The van der Waals surface area contributed by atoms with Crippen LogP contribution in [0.3, 0.4) is 0 Å². The van der Waals surface area contributed by atoms with Crippen LogP contribution < -0.4 is 9.72 Å². The van der Waals surface area contributed by atoms with Crippen molar-refractivity contribution in [2.24, 2.45) is 0 Å². The Kier molecular flexibility index (Phi) is 4.61. The number of rotatable bonds is 5. The number of carbonyl (C=O) groups is 1. The van der Waals surface area contributed by atoms with Gasteiger partial charge in [0.1, 0.15) is 5.82 Å². The first kappa shape index (κ1) is 16.9.